The number of hydrogen-bond acceptors (Lipinski definition) is 6. The van der Waals surface area contributed by atoms with Gasteiger partial charge in [0.1, 0.15) is 0 Å². The summed E-state index contributed by atoms with van der Waals surface area (Å²) < 4.78 is 11.1. The summed E-state index contributed by atoms with van der Waals surface area (Å²) in [5.41, 5.74) is 6.49. The highest BCUT2D eigenvalue weighted by Crippen LogP contribution is 2.51. The van der Waals surface area contributed by atoms with Gasteiger partial charge in [0.05, 0.1) is 18.3 Å². The summed E-state index contributed by atoms with van der Waals surface area (Å²) in [6.45, 7) is 8.90. The van der Waals surface area contributed by atoms with Crippen LogP contribution in [-0.4, -0.2) is 46.9 Å². The van der Waals surface area contributed by atoms with Crippen molar-refractivity contribution in [2.24, 2.45) is 11.7 Å². The van der Waals surface area contributed by atoms with Crippen LogP contribution in [0.15, 0.2) is 24.3 Å². The third-order valence-corrected chi connectivity index (χ3v) is 5.86. The minimum absolute atomic E-state index is 0.0590. The molecule has 3 unspecified atom stereocenters. The number of fused-ring (bicyclic) bond motifs is 3. The number of esters is 2. The number of carbonyl (C=O) groups is 2. The van der Waals surface area contributed by atoms with Crippen molar-refractivity contribution in [1.82, 2.24) is 4.98 Å². The topological polar surface area (TPSA) is 115 Å². The maximum Gasteiger partial charge on any atom is 0.329 e. The van der Waals surface area contributed by atoms with E-state index in [1.165, 1.54) is 0 Å². The molecule has 0 saturated heterocycles. The molecule has 1 aromatic heterocycles. The predicted octanol–water partition coefficient (Wildman–Crippen LogP) is 2.75. The van der Waals surface area contributed by atoms with Crippen molar-refractivity contribution in [2.75, 3.05) is 6.54 Å². The van der Waals surface area contributed by atoms with Crippen LogP contribution >= 0.6 is 0 Å². The van der Waals surface area contributed by atoms with Gasteiger partial charge >= 0.3 is 11.9 Å². The molecule has 0 bridgehead atoms. The van der Waals surface area contributed by atoms with Gasteiger partial charge in [0.25, 0.3) is 0 Å². The highest BCUT2D eigenvalue weighted by molar-refractivity contribution is 6.08. The van der Waals surface area contributed by atoms with Gasteiger partial charge in [-0.05, 0) is 65.1 Å². The van der Waals surface area contributed by atoms with Gasteiger partial charge in [0, 0.05) is 22.5 Å². The van der Waals surface area contributed by atoms with Gasteiger partial charge in [0.15, 0.2) is 0 Å². The molecule has 0 fully saturated rings. The van der Waals surface area contributed by atoms with Crippen LogP contribution < -0.4 is 5.73 Å². The molecule has 2 aromatic rings. The lowest BCUT2D eigenvalue weighted by Gasteiger charge is -2.42. The van der Waals surface area contributed by atoms with Crippen LogP contribution in [0, 0.1) is 5.92 Å². The average molecular weight is 417 g/mol. The Morgan fingerprint density at radius 3 is 2.20 bits per heavy atom. The van der Waals surface area contributed by atoms with Gasteiger partial charge in [-0.2, -0.15) is 0 Å². The highest BCUT2D eigenvalue weighted by Gasteiger charge is 2.59. The van der Waals surface area contributed by atoms with Crippen molar-refractivity contribution in [2.45, 2.75) is 70.7 Å². The number of nitrogens with two attached hydrogens (primary N) is 1. The van der Waals surface area contributed by atoms with E-state index in [9.17, 15) is 14.7 Å². The minimum Gasteiger partial charge on any atom is -0.462 e. The standard InChI is InChI=1S/C23H32N2O5/c1-12(2)29-21(27)23(22(28)30-13(3)4)10-16(14(5)26)17(11-24)19-15-8-6-7-9-18(15)25-20(19)23/h6-9,12-14,16-17,25-26H,10-11,24H2,1-5H3. The van der Waals surface area contributed by atoms with Crippen LogP contribution in [0.1, 0.15) is 58.2 Å². The molecule has 1 aliphatic carbocycles. The van der Waals surface area contributed by atoms with E-state index >= 15 is 0 Å². The number of benzene rings is 1. The van der Waals surface area contributed by atoms with E-state index in [-0.39, 0.29) is 18.9 Å². The third-order valence-electron chi connectivity index (χ3n) is 5.86. The van der Waals surface area contributed by atoms with Gasteiger partial charge in [-0.25, -0.2) is 0 Å². The fourth-order valence-corrected chi connectivity index (χ4v) is 4.58. The molecular formula is C23H32N2O5. The lowest BCUT2D eigenvalue weighted by Crippen LogP contribution is -2.54. The summed E-state index contributed by atoms with van der Waals surface area (Å²) in [6.07, 6.45) is -1.54. The fraction of sp³-hybridized carbons (Fsp3) is 0.565. The molecule has 7 heteroatoms. The van der Waals surface area contributed by atoms with Gasteiger partial charge in [-0.3, -0.25) is 9.59 Å². The Kier molecular flexibility index (Phi) is 6.24. The first-order valence-electron chi connectivity index (χ1n) is 10.5. The number of carbonyl (C=O) groups excluding carboxylic acids is 2. The van der Waals surface area contributed by atoms with E-state index in [1.807, 2.05) is 24.3 Å². The number of aromatic nitrogens is 1. The molecule has 0 amide bonds. The van der Waals surface area contributed by atoms with Crippen molar-refractivity contribution >= 4 is 22.8 Å². The normalized spacial score (nSPS) is 21.5. The van der Waals surface area contributed by atoms with Crippen molar-refractivity contribution < 1.29 is 24.2 Å². The molecule has 1 heterocycles. The van der Waals surface area contributed by atoms with Crippen molar-refractivity contribution in [3.63, 3.8) is 0 Å². The Morgan fingerprint density at radius 2 is 1.70 bits per heavy atom. The Balaban J connectivity index is 2.35. The lowest BCUT2D eigenvalue weighted by molar-refractivity contribution is -0.172. The number of ether oxygens (including phenoxy) is 2. The minimum atomic E-state index is -1.70. The van der Waals surface area contributed by atoms with Crippen molar-refractivity contribution in [3.05, 3.63) is 35.5 Å². The molecule has 7 nitrogen and oxygen atoms in total. The molecule has 1 aromatic carbocycles. The lowest BCUT2D eigenvalue weighted by atomic mass is 9.62. The van der Waals surface area contributed by atoms with Gasteiger partial charge in [0.2, 0.25) is 5.41 Å². The molecule has 4 N–H and O–H groups in total. The Morgan fingerprint density at radius 1 is 1.13 bits per heavy atom. The first-order valence-corrected chi connectivity index (χ1v) is 10.5. The summed E-state index contributed by atoms with van der Waals surface area (Å²) in [5, 5.41) is 11.5. The first-order chi connectivity index (χ1) is 14.1. The van der Waals surface area contributed by atoms with Crippen LogP contribution in [0.2, 0.25) is 0 Å². The number of aliphatic hydroxyl groups is 1. The third kappa shape index (κ3) is 3.61. The summed E-state index contributed by atoms with van der Waals surface area (Å²) in [4.78, 5) is 30.3. The molecule has 30 heavy (non-hydrogen) atoms. The molecule has 3 rings (SSSR count). The number of aromatic amines is 1. The van der Waals surface area contributed by atoms with Crippen LogP contribution in [0.5, 0.6) is 0 Å². The number of aliphatic hydroxyl groups excluding tert-OH is 1. The van der Waals surface area contributed by atoms with Gasteiger partial charge < -0.3 is 25.3 Å². The maximum absolute atomic E-state index is 13.5. The fourth-order valence-electron chi connectivity index (χ4n) is 4.58. The number of H-pyrrole nitrogens is 1. The number of nitrogens with one attached hydrogen (secondary N) is 1. The predicted molar refractivity (Wildman–Crippen MR) is 114 cm³/mol. The molecule has 0 spiro atoms. The second kappa shape index (κ2) is 8.40. The molecule has 0 saturated carbocycles. The monoisotopic (exact) mass is 416 g/mol. The van der Waals surface area contributed by atoms with Crippen LogP contribution in [0.4, 0.5) is 0 Å². The zero-order valence-corrected chi connectivity index (χ0v) is 18.3. The summed E-state index contributed by atoms with van der Waals surface area (Å²) >= 11 is 0. The molecule has 0 aliphatic heterocycles. The smallest absolute Gasteiger partial charge is 0.329 e. The van der Waals surface area contributed by atoms with E-state index in [4.69, 9.17) is 15.2 Å². The Hall–Kier alpha value is -2.38. The molecule has 1 aliphatic rings. The van der Waals surface area contributed by atoms with Crippen molar-refractivity contribution in [1.29, 1.82) is 0 Å². The number of rotatable bonds is 6. The number of para-hydroxylation sites is 1. The summed E-state index contributed by atoms with van der Waals surface area (Å²) in [7, 11) is 0. The van der Waals surface area contributed by atoms with Gasteiger partial charge in [-0.1, -0.05) is 18.2 Å². The quantitative estimate of drug-likeness (QED) is 0.493. The van der Waals surface area contributed by atoms with Crippen LogP contribution in [0.3, 0.4) is 0 Å². The van der Waals surface area contributed by atoms with E-state index in [1.54, 1.807) is 34.6 Å². The molecular weight excluding hydrogens is 384 g/mol. The highest BCUT2D eigenvalue weighted by atomic mass is 16.6. The van der Waals surface area contributed by atoms with E-state index in [2.05, 4.69) is 4.98 Å². The van der Waals surface area contributed by atoms with Crippen LogP contribution in [-0.2, 0) is 24.5 Å². The van der Waals surface area contributed by atoms with Gasteiger partial charge in [-0.15, -0.1) is 0 Å². The Bertz CT molecular complexity index is 909. The first kappa shape index (κ1) is 22.3. The largest absolute Gasteiger partial charge is 0.462 e. The molecule has 0 radical (unpaired) electrons. The molecule has 3 atom stereocenters. The zero-order chi connectivity index (χ0) is 22.2. The van der Waals surface area contributed by atoms with E-state index in [0.29, 0.717) is 5.69 Å². The maximum atomic E-state index is 13.5. The second-order valence-electron chi connectivity index (χ2n) is 8.72. The average Bonchev–Trinajstić information content (AvgIpc) is 3.05. The summed E-state index contributed by atoms with van der Waals surface area (Å²) in [5.74, 6) is -1.97. The molecule has 164 valence electrons. The SMILES string of the molecule is CC(C)OC(=O)C1(C(=O)OC(C)C)CC(C(C)O)C(CN)c2c1[nH]c1ccccc21. The van der Waals surface area contributed by atoms with Crippen molar-refractivity contribution in [3.8, 4) is 0 Å². The second-order valence-corrected chi connectivity index (χ2v) is 8.72. The summed E-state index contributed by atoms with van der Waals surface area (Å²) in [6, 6.07) is 7.61. The van der Waals surface area contributed by atoms with E-state index in [0.717, 1.165) is 16.5 Å². The van der Waals surface area contributed by atoms with Crippen LogP contribution in [0.25, 0.3) is 10.9 Å². The zero-order valence-electron chi connectivity index (χ0n) is 18.3. The Labute approximate surface area is 176 Å². The number of hydrogen-bond donors (Lipinski definition) is 3. The van der Waals surface area contributed by atoms with E-state index < -0.39 is 41.6 Å².